The fourth-order valence-electron chi connectivity index (χ4n) is 2.63. The minimum atomic E-state index is -4.59. The van der Waals surface area contributed by atoms with Crippen LogP contribution in [0.5, 0.6) is 0 Å². The highest BCUT2D eigenvalue weighted by Gasteiger charge is 2.47. The van der Waals surface area contributed by atoms with Crippen LogP contribution in [0.25, 0.3) is 0 Å². The van der Waals surface area contributed by atoms with Gasteiger partial charge >= 0.3 is 12.1 Å². The molecule has 5 nitrogen and oxygen atoms in total. The van der Waals surface area contributed by atoms with Crippen LogP contribution in [0, 0.1) is 5.82 Å². The van der Waals surface area contributed by atoms with E-state index in [1.165, 1.54) is 12.1 Å². The molecule has 0 fully saturated rings. The summed E-state index contributed by atoms with van der Waals surface area (Å²) in [4.78, 5) is 11.2. The summed E-state index contributed by atoms with van der Waals surface area (Å²) < 4.78 is 53.5. The van der Waals surface area contributed by atoms with Crippen molar-refractivity contribution in [1.82, 2.24) is 9.78 Å². The standard InChI is InChI=1S/C14H11F4N3O2/c15-8-3-1-7(2-4-8)10-5-11(14(16,17)18)21-12(20-10)9(6-19-21)13(22)23/h1-4,6,10-11,20H,5H2,(H,22,23)/t10-,11+/m0/s1. The van der Waals surface area contributed by atoms with Crippen LogP contribution in [0.3, 0.4) is 0 Å². The highest BCUT2D eigenvalue weighted by molar-refractivity contribution is 5.93. The minimum absolute atomic E-state index is 0.208. The average Bonchev–Trinajstić information content (AvgIpc) is 2.89. The van der Waals surface area contributed by atoms with Crippen LogP contribution in [0.15, 0.2) is 30.5 Å². The topological polar surface area (TPSA) is 67.1 Å². The Bertz CT molecular complexity index is 739. The molecule has 1 aliphatic heterocycles. The maximum absolute atomic E-state index is 13.3. The number of benzene rings is 1. The van der Waals surface area contributed by atoms with Crippen molar-refractivity contribution in [1.29, 1.82) is 0 Å². The van der Waals surface area contributed by atoms with Crippen molar-refractivity contribution in [3.63, 3.8) is 0 Å². The number of carboxylic acid groups (broad SMARTS) is 1. The lowest BCUT2D eigenvalue weighted by atomic mass is 9.96. The first kappa shape index (κ1) is 15.3. The smallest absolute Gasteiger partial charge is 0.410 e. The fraction of sp³-hybridized carbons (Fsp3) is 0.286. The van der Waals surface area contributed by atoms with Crippen molar-refractivity contribution in [2.45, 2.75) is 24.7 Å². The predicted octanol–water partition coefficient (Wildman–Crippen LogP) is 3.38. The number of hydrogen-bond acceptors (Lipinski definition) is 3. The molecule has 0 bridgehead atoms. The van der Waals surface area contributed by atoms with Gasteiger partial charge in [0.05, 0.1) is 12.2 Å². The lowest BCUT2D eigenvalue weighted by molar-refractivity contribution is -0.173. The quantitative estimate of drug-likeness (QED) is 0.829. The van der Waals surface area contributed by atoms with Gasteiger partial charge in [-0.25, -0.2) is 13.9 Å². The van der Waals surface area contributed by atoms with E-state index >= 15 is 0 Å². The number of nitrogens with one attached hydrogen (secondary N) is 1. The molecule has 0 saturated carbocycles. The third kappa shape index (κ3) is 2.73. The second-order valence-electron chi connectivity index (χ2n) is 5.20. The van der Waals surface area contributed by atoms with Crippen LogP contribution < -0.4 is 5.32 Å². The number of aromatic nitrogens is 2. The summed E-state index contributed by atoms with van der Waals surface area (Å²) in [5, 5.41) is 15.4. The summed E-state index contributed by atoms with van der Waals surface area (Å²) in [6, 6.07) is 2.26. The molecule has 2 aromatic rings. The third-order valence-corrected chi connectivity index (χ3v) is 3.74. The SMILES string of the molecule is O=C(O)c1cnn2c1N[C@H](c1ccc(F)cc1)C[C@@H]2C(F)(F)F. The number of halogens is 4. The van der Waals surface area contributed by atoms with Gasteiger partial charge in [-0.2, -0.15) is 18.3 Å². The van der Waals surface area contributed by atoms with Crippen LogP contribution in [0.2, 0.25) is 0 Å². The Morgan fingerprint density at radius 2 is 1.96 bits per heavy atom. The van der Waals surface area contributed by atoms with Gasteiger partial charge in [0.25, 0.3) is 0 Å². The molecule has 23 heavy (non-hydrogen) atoms. The summed E-state index contributed by atoms with van der Waals surface area (Å²) in [7, 11) is 0. The molecular formula is C14H11F4N3O2. The lowest BCUT2D eigenvalue weighted by Crippen LogP contribution is -2.36. The lowest BCUT2D eigenvalue weighted by Gasteiger charge is -2.33. The van der Waals surface area contributed by atoms with E-state index in [1.807, 2.05) is 0 Å². The maximum atomic E-state index is 13.3. The molecule has 2 N–H and O–H groups in total. The monoisotopic (exact) mass is 329 g/mol. The molecule has 122 valence electrons. The molecule has 3 rings (SSSR count). The second kappa shape index (κ2) is 5.25. The van der Waals surface area contributed by atoms with Crippen molar-refractivity contribution in [3.05, 3.63) is 47.4 Å². The van der Waals surface area contributed by atoms with Crippen LogP contribution in [0.1, 0.15) is 34.4 Å². The Morgan fingerprint density at radius 1 is 1.30 bits per heavy atom. The molecule has 1 aliphatic rings. The van der Waals surface area contributed by atoms with Crippen molar-refractivity contribution in [2.75, 3.05) is 5.32 Å². The van der Waals surface area contributed by atoms with Gasteiger partial charge < -0.3 is 10.4 Å². The van der Waals surface area contributed by atoms with E-state index in [1.54, 1.807) is 0 Å². The van der Waals surface area contributed by atoms with E-state index in [-0.39, 0.29) is 17.8 Å². The number of nitrogens with zero attached hydrogens (tertiary/aromatic N) is 2. The van der Waals surface area contributed by atoms with Crippen LogP contribution >= 0.6 is 0 Å². The largest absolute Gasteiger partial charge is 0.477 e. The normalized spacial score (nSPS) is 20.7. The van der Waals surface area contributed by atoms with Crippen LogP contribution in [-0.4, -0.2) is 27.0 Å². The fourth-order valence-corrected chi connectivity index (χ4v) is 2.63. The van der Waals surface area contributed by atoms with E-state index in [4.69, 9.17) is 5.11 Å². The van der Waals surface area contributed by atoms with Crippen molar-refractivity contribution in [3.8, 4) is 0 Å². The van der Waals surface area contributed by atoms with Crippen LogP contribution in [0.4, 0.5) is 23.4 Å². The van der Waals surface area contributed by atoms with E-state index in [0.717, 1.165) is 18.3 Å². The summed E-state index contributed by atoms with van der Waals surface area (Å²) in [6.07, 6.45) is -4.07. The van der Waals surface area contributed by atoms with Gasteiger partial charge in [0.2, 0.25) is 0 Å². The second-order valence-corrected chi connectivity index (χ2v) is 5.20. The number of alkyl halides is 3. The van der Waals surface area contributed by atoms with Gasteiger partial charge in [-0.3, -0.25) is 0 Å². The zero-order valence-electron chi connectivity index (χ0n) is 11.5. The summed E-state index contributed by atoms with van der Waals surface area (Å²) in [5.41, 5.74) is 0.0931. The molecule has 1 aromatic carbocycles. The van der Waals surface area contributed by atoms with E-state index in [9.17, 15) is 22.4 Å². The molecule has 0 saturated heterocycles. The number of aromatic carboxylic acids is 1. The summed E-state index contributed by atoms with van der Waals surface area (Å²) in [5.74, 6) is -2.09. The highest BCUT2D eigenvalue weighted by Crippen LogP contribution is 2.44. The molecule has 0 unspecified atom stereocenters. The molecule has 2 heterocycles. The van der Waals surface area contributed by atoms with Gasteiger partial charge in [0, 0.05) is 6.42 Å². The molecule has 9 heteroatoms. The number of rotatable bonds is 2. The Balaban J connectivity index is 2.05. The average molecular weight is 329 g/mol. The molecule has 1 aromatic heterocycles. The van der Waals surface area contributed by atoms with Crippen LogP contribution in [-0.2, 0) is 0 Å². The Morgan fingerprint density at radius 3 is 2.52 bits per heavy atom. The number of carbonyl (C=O) groups is 1. The number of fused-ring (bicyclic) bond motifs is 1. The van der Waals surface area contributed by atoms with Gasteiger partial charge in [0.15, 0.2) is 6.04 Å². The summed E-state index contributed by atoms with van der Waals surface area (Å²) in [6.45, 7) is 0. The minimum Gasteiger partial charge on any atom is -0.477 e. The summed E-state index contributed by atoms with van der Waals surface area (Å²) >= 11 is 0. The number of hydrogen-bond donors (Lipinski definition) is 2. The molecule has 0 spiro atoms. The van der Waals surface area contributed by atoms with E-state index < -0.39 is 30.0 Å². The van der Waals surface area contributed by atoms with Gasteiger partial charge in [-0.15, -0.1) is 0 Å². The third-order valence-electron chi connectivity index (χ3n) is 3.74. The number of carboxylic acids is 1. The zero-order valence-corrected chi connectivity index (χ0v) is 11.5. The Labute approximate surface area is 127 Å². The number of anilines is 1. The first-order valence-corrected chi connectivity index (χ1v) is 6.67. The zero-order chi connectivity index (χ0) is 16.8. The van der Waals surface area contributed by atoms with Crippen molar-refractivity contribution in [2.24, 2.45) is 0 Å². The van der Waals surface area contributed by atoms with Gasteiger partial charge in [0.1, 0.15) is 17.2 Å². The Hall–Kier alpha value is -2.58. The predicted molar refractivity (Wildman–Crippen MR) is 71.7 cm³/mol. The molecule has 2 atom stereocenters. The molecule has 0 radical (unpaired) electrons. The van der Waals surface area contributed by atoms with Gasteiger partial charge in [-0.1, -0.05) is 12.1 Å². The highest BCUT2D eigenvalue weighted by atomic mass is 19.4. The molecule has 0 amide bonds. The van der Waals surface area contributed by atoms with E-state index in [0.29, 0.717) is 10.2 Å². The maximum Gasteiger partial charge on any atom is 0.410 e. The Kier molecular flexibility index (Phi) is 3.50. The first-order chi connectivity index (χ1) is 10.8. The molecule has 0 aliphatic carbocycles. The first-order valence-electron chi connectivity index (χ1n) is 6.67. The van der Waals surface area contributed by atoms with E-state index in [2.05, 4.69) is 10.4 Å². The van der Waals surface area contributed by atoms with Gasteiger partial charge in [-0.05, 0) is 17.7 Å². The van der Waals surface area contributed by atoms with Crippen molar-refractivity contribution < 1.29 is 27.5 Å². The molecular weight excluding hydrogens is 318 g/mol. The van der Waals surface area contributed by atoms with Crippen molar-refractivity contribution >= 4 is 11.8 Å².